The average Bonchev–Trinajstić information content (AvgIpc) is 3.25. The number of fused-ring (bicyclic) bond motifs is 1. The maximum atomic E-state index is 13.8. The molecule has 0 aliphatic rings. The van der Waals surface area contributed by atoms with E-state index in [1.165, 1.54) is 16.9 Å². The van der Waals surface area contributed by atoms with Gasteiger partial charge in [0.1, 0.15) is 16.3 Å². The number of halogens is 2. The molecule has 2 heterocycles. The summed E-state index contributed by atoms with van der Waals surface area (Å²) in [6.07, 6.45) is 1.63. The molecular formula is C24H21F2N3O2S2. The molecule has 0 fully saturated rings. The molecule has 0 saturated carbocycles. The molecule has 4 aromatic rings. The van der Waals surface area contributed by atoms with E-state index in [1.807, 2.05) is 37.3 Å². The van der Waals surface area contributed by atoms with Crippen molar-refractivity contribution in [3.05, 3.63) is 87.5 Å². The standard InChI is InChI=1S/C24H21F2N3O2S2/c1-15(7-8-16-5-3-2-4-6-16)27-21(30)14-33-24-28-20-9-10-32-22(20)23(31)29(24)19-12-17(25)11-18(26)13-19/h2-6,9-13,15H,7-8,14H2,1H3,(H,27,30)/t15-/m1/s1. The van der Waals surface area contributed by atoms with Crippen molar-refractivity contribution in [1.82, 2.24) is 14.9 Å². The Hall–Kier alpha value is -3.04. The zero-order chi connectivity index (χ0) is 23.4. The van der Waals surface area contributed by atoms with Crippen LogP contribution in [-0.2, 0) is 11.2 Å². The van der Waals surface area contributed by atoms with Gasteiger partial charge in [0.05, 0.1) is 17.0 Å². The zero-order valence-corrected chi connectivity index (χ0v) is 19.4. The van der Waals surface area contributed by atoms with Gasteiger partial charge in [0.2, 0.25) is 5.91 Å². The zero-order valence-electron chi connectivity index (χ0n) is 17.8. The summed E-state index contributed by atoms with van der Waals surface area (Å²) in [6.45, 7) is 1.94. The van der Waals surface area contributed by atoms with Gasteiger partial charge in [-0.15, -0.1) is 11.3 Å². The molecule has 0 aliphatic heterocycles. The van der Waals surface area contributed by atoms with Crippen molar-refractivity contribution in [1.29, 1.82) is 0 Å². The van der Waals surface area contributed by atoms with Gasteiger partial charge in [-0.1, -0.05) is 42.1 Å². The number of aromatic nitrogens is 2. The maximum Gasteiger partial charge on any atom is 0.276 e. The Kier molecular flexibility index (Phi) is 7.20. The molecule has 0 aliphatic carbocycles. The van der Waals surface area contributed by atoms with Crippen LogP contribution in [0.25, 0.3) is 15.9 Å². The van der Waals surface area contributed by atoms with E-state index in [-0.39, 0.29) is 28.5 Å². The molecule has 170 valence electrons. The van der Waals surface area contributed by atoms with Gasteiger partial charge in [0.15, 0.2) is 5.16 Å². The molecule has 1 N–H and O–H groups in total. The number of carbonyl (C=O) groups excluding carboxylic acids is 1. The molecular weight excluding hydrogens is 464 g/mol. The second-order valence-electron chi connectivity index (χ2n) is 7.58. The summed E-state index contributed by atoms with van der Waals surface area (Å²) in [5.41, 5.74) is 1.28. The van der Waals surface area contributed by atoms with Crippen LogP contribution in [0.3, 0.4) is 0 Å². The molecule has 0 unspecified atom stereocenters. The highest BCUT2D eigenvalue weighted by Crippen LogP contribution is 2.24. The van der Waals surface area contributed by atoms with Crippen LogP contribution >= 0.6 is 23.1 Å². The van der Waals surface area contributed by atoms with Crippen molar-refractivity contribution in [3.63, 3.8) is 0 Å². The van der Waals surface area contributed by atoms with Crippen LogP contribution < -0.4 is 10.9 Å². The topological polar surface area (TPSA) is 64.0 Å². The minimum Gasteiger partial charge on any atom is -0.353 e. The van der Waals surface area contributed by atoms with Gasteiger partial charge >= 0.3 is 0 Å². The number of nitrogens with zero attached hydrogens (tertiary/aromatic N) is 2. The van der Waals surface area contributed by atoms with Crippen molar-refractivity contribution < 1.29 is 13.6 Å². The van der Waals surface area contributed by atoms with E-state index in [0.717, 1.165) is 47.4 Å². The number of rotatable bonds is 8. The highest BCUT2D eigenvalue weighted by molar-refractivity contribution is 7.99. The van der Waals surface area contributed by atoms with E-state index in [1.54, 1.807) is 11.4 Å². The van der Waals surface area contributed by atoms with Gasteiger partial charge in [-0.3, -0.25) is 14.2 Å². The summed E-state index contributed by atoms with van der Waals surface area (Å²) in [4.78, 5) is 30.0. The third kappa shape index (κ3) is 5.66. The van der Waals surface area contributed by atoms with Crippen molar-refractivity contribution in [2.75, 3.05) is 5.75 Å². The first-order valence-electron chi connectivity index (χ1n) is 10.3. The van der Waals surface area contributed by atoms with Crippen LogP contribution in [0.5, 0.6) is 0 Å². The van der Waals surface area contributed by atoms with E-state index >= 15 is 0 Å². The van der Waals surface area contributed by atoms with Crippen molar-refractivity contribution in [2.45, 2.75) is 31.0 Å². The number of thioether (sulfide) groups is 1. The highest BCUT2D eigenvalue weighted by atomic mass is 32.2. The summed E-state index contributed by atoms with van der Waals surface area (Å²) in [5, 5.41) is 4.88. The van der Waals surface area contributed by atoms with Gasteiger partial charge in [-0.2, -0.15) is 0 Å². The highest BCUT2D eigenvalue weighted by Gasteiger charge is 2.17. The molecule has 1 atom stereocenters. The van der Waals surface area contributed by atoms with Gasteiger partial charge in [-0.25, -0.2) is 13.8 Å². The Bertz CT molecular complexity index is 1320. The third-order valence-corrected chi connectivity index (χ3v) is 6.83. The van der Waals surface area contributed by atoms with Crippen LogP contribution in [-0.4, -0.2) is 27.3 Å². The lowest BCUT2D eigenvalue weighted by molar-refractivity contribution is -0.119. The van der Waals surface area contributed by atoms with Crippen LogP contribution in [0.15, 0.2) is 69.9 Å². The lowest BCUT2D eigenvalue weighted by atomic mass is 10.1. The van der Waals surface area contributed by atoms with Crippen molar-refractivity contribution >= 4 is 39.2 Å². The molecule has 0 spiro atoms. The Morgan fingerprint density at radius 2 is 1.88 bits per heavy atom. The summed E-state index contributed by atoms with van der Waals surface area (Å²) in [5.74, 6) is -1.80. The number of nitrogens with one attached hydrogen (secondary N) is 1. The molecule has 1 amide bonds. The molecule has 5 nitrogen and oxygen atoms in total. The second kappa shape index (κ2) is 10.3. The molecule has 33 heavy (non-hydrogen) atoms. The van der Waals surface area contributed by atoms with Crippen molar-refractivity contribution in [3.8, 4) is 5.69 Å². The molecule has 9 heteroatoms. The Morgan fingerprint density at radius 3 is 2.61 bits per heavy atom. The molecule has 0 bridgehead atoms. The number of carbonyl (C=O) groups is 1. The van der Waals surface area contributed by atoms with E-state index in [0.29, 0.717) is 10.2 Å². The van der Waals surface area contributed by atoms with Gasteiger partial charge in [0.25, 0.3) is 5.56 Å². The number of thiophene rings is 1. The van der Waals surface area contributed by atoms with E-state index in [9.17, 15) is 18.4 Å². The Morgan fingerprint density at radius 1 is 1.15 bits per heavy atom. The first kappa shape index (κ1) is 23.1. The SMILES string of the molecule is C[C@H](CCc1ccccc1)NC(=O)CSc1nc2ccsc2c(=O)n1-c1cc(F)cc(F)c1. The molecule has 4 rings (SSSR count). The smallest absolute Gasteiger partial charge is 0.276 e. The lowest BCUT2D eigenvalue weighted by Crippen LogP contribution is -2.34. The Balaban J connectivity index is 1.50. The summed E-state index contributed by atoms with van der Waals surface area (Å²) in [6, 6.07) is 14.6. The number of benzene rings is 2. The number of hydrogen-bond acceptors (Lipinski definition) is 5. The quantitative estimate of drug-likeness (QED) is 0.283. The minimum atomic E-state index is -0.802. The predicted molar refractivity (Wildman–Crippen MR) is 128 cm³/mol. The molecule has 0 saturated heterocycles. The van der Waals surface area contributed by atoms with E-state index in [4.69, 9.17) is 0 Å². The normalized spacial score (nSPS) is 12.1. The van der Waals surface area contributed by atoms with Crippen LogP contribution in [0.4, 0.5) is 8.78 Å². The van der Waals surface area contributed by atoms with Crippen LogP contribution in [0.2, 0.25) is 0 Å². The number of amides is 1. The van der Waals surface area contributed by atoms with Crippen LogP contribution in [0.1, 0.15) is 18.9 Å². The summed E-state index contributed by atoms with van der Waals surface area (Å²) < 4.78 is 29.2. The molecule has 2 aromatic carbocycles. The lowest BCUT2D eigenvalue weighted by Gasteiger charge is -2.15. The largest absolute Gasteiger partial charge is 0.353 e. The predicted octanol–water partition coefficient (Wildman–Crippen LogP) is 4.96. The fraction of sp³-hybridized carbons (Fsp3) is 0.208. The third-order valence-electron chi connectivity index (χ3n) is 5.00. The fourth-order valence-electron chi connectivity index (χ4n) is 3.43. The number of aryl methyl sites for hydroxylation is 1. The molecule has 0 radical (unpaired) electrons. The Labute approximate surface area is 197 Å². The fourth-order valence-corrected chi connectivity index (χ4v) is 5.01. The summed E-state index contributed by atoms with van der Waals surface area (Å²) >= 11 is 2.25. The first-order valence-corrected chi connectivity index (χ1v) is 12.2. The second-order valence-corrected chi connectivity index (χ2v) is 9.44. The maximum absolute atomic E-state index is 13.8. The number of hydrogen-bond donors (Lipinski definition) is 1. The van der Waals surface area contributed by atoms with E-state index < -0.39 is 17.2 Å². The minimum absolute atomic E-state index is 0.00948. The van der Waals surface area contributed by atoms with Gasteiger partial charge < -0.3 is 5.32 Å². The molecule has 2 aromatic heterocycles. The van der Waals surface area contributed by atoms with E-state index in [2.05, 4.69) is 10.3 Å². The van der Waals surface area contributed by atoms with Gasteiger partial charge in [-0.05, 0) is 48.9 Å². The van der Waals surface area contributed by atoms with Gasteiger partial charge in [0, 0.05) is 12.1 Å². The first-order chi connectivity index (χ1) is 15.9. The average molecular weight is 486 g/mol. The monoisotopic (exact) mass is 485 g/mol. The van der Waals surface area contributed by atoms with Crippen molar-refractivity contribution in [2.24, 2.45) is 0 Å². The van der Waals surface area contributed by atoms with Crippen LogP contribution in [0, 0.1) is 11.6 Å². The summed E-state index contributed by atoms with van der Waals surface area (Å²) in [7, 11) is 0.